The lowest BCUT2D eigenvalue weighted by Crippen LogP contribution is -2.30. The molecule has 0 aromatic heterocycles. The smallest absolute Gasteiger partial charge is 0.261 e. The Morgan fingerprint density at radius 2 is 1.38 bits per heavy atom. The predicted molar refractivity (Wildman–Crippen MR) is 117 cm³/mol. The van der Waals surface area contributed by atoms with Crippen molar-refractivity contribution in [3.05, 3.63) is 106 Å². The standard InChI is InChI=1S/C25H20ClNO2/c26-21-10-4-8-20(17-21)14-13-19-7-3-6-18(16-19)9-5-15-27-24(28)22-11-1-2-12-23(22)25(27)29/h1-4,6-8,10-14,16-17H,5,9,15H2/b14-13-. The summed E-state index contributed by atoms with van der Waals surface area (Å²) in [5.74, 6) is -0.382. The molecule has 2 amide bonds. The largest absolute Gasteiger partial charge is 0.274 e. The van der Waals surface area contributed by atoms with Gasteiger partial charge in [-0.25, -0.2) is 0 Å². The zero-order valence-electron chi connectivity index (χ0n) is 15.8. The number of fused-ring (bicyclic) bond motifs is 1. The SMILES string of the molecule is O=C1c2ccccc2C(=O)N1CCCc1cccc(/C=C\c2cccc(Cl)c2)c1. The molecule has 0 atom stereocenters. The van der Waals surface area contributed by atoms with Crippen molar-refractivity contribution >= 4 is 35.6 Å². The molecular formula is C25H20ClNO2. The second kappa shape index (κ2) is 8.46. The first-order chi connectivity index (χ1) is 14.1. The molecule has 0 N–H and O–H groups in total. The van der Waals surface area contributed by atoms with E-state index in [2.05, 4.69) is 24.3 Å². The maximum absolute atomic E-state index is 12.4. The second-order valence-electron chi connectivity index (χ2n) is 7.04. The van der Waals surface area contributed by atoms with E-state index in [0.29, 0.717) is 22.7 Å². The summed E-state index contributed by atoms with van der Waals surface area (Å²) in [6.07, 6.45) is 5.61. The number of hydrogen-bond acceptors (Lipinski definition) is 2. The number of amides is 2. The summed E-state index contributed by atoms with van der Waals surface area (Å²) in [4.78, 5) is 26.2. The number of rotatable bonds is 6. The van der Waals surface area contributed by atoms with Crippen LogP contribution in [0, 0.1) is 0 Å². The Hall–Kier alpha value is -3.17. The molecule has 0 bridgehead atoms. The highest BCUT2D eigenvalue weighted by Crippen LogP contribution is 2.23. The van der Waals surface area contributed by atoms with Gasteiger partial charge in [0.15, 0.2) is 0 Å². The van der Waals surface area contributed by atoms with Gasteiger partial charge in [-0.2, -0.15) is 0 Å². The molecule has 3 aromatic rings. The molecule has 0 saturated heterocycles. The van der Waals surface area contributed by atoms with Crippen molar-refractivity contribution in [2.45, 2.75) is 12.8 Å². The lowest BCUT2D eigenvalue weighted by molar-refractivity contribution is 0.0652. The van der Waals surface area contributed by atoms with E-state index in [1.165, 1.54) is 10.5 Å². The summed E-state index contributed by atoms with van der Waals surface area (Å²) < 4.78 is 0. The molecule has 1 aliphatic rings. The highest BCUT2D eigenvalue weighted by atomic mass is 35.5. The number of imide groups is 1. The van der Waals surface area contributed by atoms with Crippen molar-refractivity contribution in [2.24, 2.45) is 0 Å². The third-order valence-electron chi connectivity index (χ3n) is 4.99. The molecule has 4 rings (SSSR count). The van der Waals surface area contributed by atoms with Crippen LogP contribution in [-0.2, 0) is 6.42 Å². The fourth-order valence-electron chi connectivity index (χ4n) is 3.54. The molecule has 4 heteroatoms. The van der Waals surface area contributed by atoms with E-state index in [0.717, 1.165) is 24.0 Å². The van der Waals surface area contributed by atoms with Crippen molar-refractivity contribution in [3.63, 3.8) is 0 Å². The zero-order chi connectivity index (χ0) is 20.2. The van der Waals surface area contributed by atoms with Crippen LogP contribution >= 0.6 is 11.6 Å². The van der Waals surface area contributed by atoms with Gasteiger partial charge in [-0.3, -0.25) is 14.5 Å². The van der Waals surface area contributed by atoms with Gasteiger partial charge in [0.1, 0.15) is 0 Å². The maximum Gasteiger partial charge on any atom is 0.261 e. The van der Waals surface area contributed by atoms with Crippen LogP contribution in [-0.4, -0.2) is 23.3 Å². The molecule has 0 aliphatic carbocycles. The summed E-state index contributed by atoms with van der Waals surface area (Å²) in [6, 6.07) is 23.0. The molecule has 1 heterocycles. The molecule has 29 heavy (non-hydrogen) atoms. The molecule has 0 saturated carbocycles. The number of hydrogen-bond donors (Lipinski definition) is 0. The van der Waals surface area contributed by atoms with Crippen molar-refractivity contribution < 1.29 is 9.59 Å². The lowest BCUT2D eigenvalue weighted by Gasteiger charge is -2.13. The van der Waals surface area contributed by atoms with E-state index in [9.17, 15) is 9.59 Å². The van der Waals surface area contributed by atoms with Crippen molar-refractivity contribution in [3.8, 4) is 0 Å². The molecule has 144 valence electrons. The van der Waals surface area contributed by atoms with E-state index in [-0.39, 0.29) is 11.8 Å². The fourth-order valence-corrected chi connectivity index (χ4v) is 3.74. The van der Waals surface area contributed by atoms with Crippen LogP contribution in [0.2, 0.25) is 5.02 Å². The average Bonchev–Trinajstić information content (AvgIpc) is 2.98. The Labute approximate surface area is 175 Å². The first-order valence-electron chi connectivity index (χ1n) is 9.59. The van der Waals surface area contributed by atoms with Gasteiger partial charge in [0.2, 0.25) is 0 Å². The topological polar surface area (TPSA) is 37.4 Å². The molecule has 3 nitrogen and oxygen atoms in total. The van der Waals surface area contributed by atoms with Gasteiger partial charge >= 0.3 is 0 Å². The number of aryl methyl sites for hydroxylation is 1. The molecule has 3 aromatic carbocycles. The fraction of sp³-hybridized carbons (Fsp3) is 0.120. The Balaban J connectivity index is 1.37. The number of nitrogens with zero attached hydrogens (tertiary/aromatic N) is 1. The van der Waals surface area contributed by atoms with Crippen LogP contribution in [0.3, 0.4) is 0 Å². The van der Waals surface area contributed by atoms with Crippen LogP contribution in [0.15, 0.2) is 72.8 Å². The number of benzene rings is 3. The Kier molecular flexibility index (Phi) is 5.59. The van der Waals surface area contributed by atoms with Gasteiger partial charge in [-0.1, -0.05) is 72.3 Å². The molecule has 1 aliphatic heterocycles. The van der Waals surface area contributed by atoms with Crippen LogP contribution in [0.25, 0.3) is 12.2 Å². The van der Waals surface area contributed by atoms with Gasteiger partial charge in [-0.15, -0.1) is 0 Å². The minimum atomic E-state index is -0.191. The Bertz CT molecular complexity index is 1070. The molecule has 0 unspecified atom stereocenters. The third kappa shape index (κ3) is 4.30. The number of carbonyl (C=O) groups is 2. The van der Waals surface area contributed by atoms with Crippen LogP contribution in [0.1, 0.15) is 43.8 Å². The van der Waals surface area contributed by atoms with E-state index in [1.807, 2.05) is 36.4 Å². The van der Waals surface area contributed by atoms with Crippen LogP contribution < -0.4 is 0 Å². The van der Waals surface area contributed by atoms with Gasteiger partial charge in [0.25, 0.3) is 11.8 Å². The van der Waals surface area contributed by atoms with Crippen molar-refractivity contribution in [1.29, 1.82) is 0 Å². The summed E-state index contributed by atoms with van der Waals surface area (Å²) >= 11 is 6.03. The first kappa shape index (κ1) is 19.2. The van der Waals surface area contributed by atoms with Gasteiger partial charge in [0, 0.05) is 11.6 Å². The highest BCUT2D eigenvalue weighted by molar-refractivity contribution is 6.30. The minimum Gasteiger partial charge on any atom is -0.274 e. The van der Waals surface area contributed by atoms with E-state index < -0.39 is 0 Å². The summed E-state index contributed by atoms with van der Waals surface area (Å²) in [5, 5.41) is 0.717. The van der Waals surface area contributed by atoms with Crippen LogP contribution in [0.4, 0.5) is 0 Å². The van der Waals surface area contributed by atoms with Gasteiger partial charge in [0.05, 0.1) is 11.1 Å². The minimum absolute atomic E-state index is 0.191. The average molecular weight is 402 g/mol. The molecular weight excluding hydrogens is 382 g/mol. The normalized spacial score (nSPS) is 13.3. The number of halogens is 1. The molecule has 0 radical (unpaired) electrons. The highest BCUT2D eigenvalue weighted by Gasteiger charge is 2.34. The van der Waals surface area contributed by atoms with Gasteiger partial charge < -0.3 is 0 Å². The number of carbonyl (C=O) groups excluding carboxylic acids is 2. The lowest BCUT2D eigenvalue weighted by atomic mass is 10.1. The summed E-state index contributed by atoms with van der Waals surface area (Å²) in [7, 11) is 0. The first-order valence-corrected chi connectivity index (χ1v) is 9.97. The van der Waals surface area contributed by atoms with Crippen molar-refractivity contribution in [2.75, 3.05) is 6.54 Å². The zero-order valence-corrected chi connectivity index (χ0v) is 16.6. The second-order valence-corrected chi connectivity index (χ2v) is 7.48. The van der Waals surface area contributed by atoms with E-state index in [1.54, 1.807) is 24.3 Å². The third-order valence-corrected chi connectivity index (χ3v) is 5.23. The van der Waals surface area contributed by atoms with E-state index >= 15 is 0 Å². The summed E-state index contributed by atoms with van der Waals surface area (Å²) in [5.41, 5.74) is 4.34. The Morgan fingerprint density at radius 3 is 2.03 bits per heavy atom. The van der Waals surface area contributed by atoms with E-state index in [4.69, 9.17) is 11.6 Å². The van der Waals surface area contributed by atoms with Gasteiger partial charge in [-0.05, 0) is 53.8 Å². The predicted octanol–water partition coefficient (Wildman–Crippen LogP) is 5.74. The Morgan fingerprint density at radius 1 is 0.759 bits per heavy atom. The maximum atomic E-state index is 12.4. The van der Waals surface area contributed by atoms with Crippen molar-refractivity contribution in [1.82, 2.24) is 4.90 Å². The quantitative estimate of drug-likeness (QED) is 0.390. The molecule has 0 spiro atoms. The summed E-state index contributed by atoms with van der Waals surface area (Å²) in [6.45, 7) is 0.426. The van der Waals surface area contributed by atoms with Crippen LogP contribution in [0.5, 0.6) is 0 Å². The monoisotopic (exact) mass is 401 g/mol. The molecule has 0 fully saturated rings.